The first-order valence-electron chi connectivity index (χ1n) is 9.55. The molecular formula is C20H17ClF2N6OS. The molecule has 7 nitrogen and oxygen atoms in total. The average molecular weight is 463 g/mol. The molecule has 3 heterocycles. The number of hydrogen-bond acceptors (Lipinski definition) is 5. The van der Waals surface area contributed by atoms with E-state index in [2.05, 4.69) is 25.5 Å². The molecule has 4 aromatic rings. The molecule has 1 unspecified atom stereocenters. The molecule has 0 spiro atoms. The highest BCUT2D eigenvalue weighted by molar-refractivity contribution is 7.98. The van der Waals surface area contributed by atoms with Crippen LogP contribution in [0.5, 0.6) is 0 Å². The van der Waals surface area contributed by atoms with Gasteiger partial charge >= 0.3 is 0 Å². The lowest BCUT2D eigenvalue weighted by molar-refractivity contribution is -0.117. The number of nitrogens with zero attached hydrogens (tertiary/aromatic N) is 4. The van der Waals surface area contributed by atoms with Crippen LogP contribution in [-0.2, 0) is 4.79 Å². The van der Waals surface area contributed by atoms with Crippen LogP contribution in [0.2, 0.25) is 5.02 Å². The third kappa shape index (κ3) is 3.34. The molecule has 1 saturated carbocycles. The number of fused-ring (bicyclic) bond motifs is 2. The molecule has 1 fully saturated rings. The third-order valence-corrected chi connectivity index (χ3v) is 6.78. The zero-order valence-electron chi connectivity index (χ0n) is 16.5. The third-order valence-electron chi connectivity index (χ3n) is 5.48. The second-order valence-electron chi connectivity index (χ2n) is 7.46. The molecule has 160 valence electrons. The average Bonchev–Trinajstić information content (AvgIpc) is 3.12. The summed E-state index contributed by atoms with van der Waals surface area (Å²) in [6.45, 7) is 1.90. The van der Waals surface area contributed by atoms with Gasteiger partial charge in [-0.3, -0.25) is 14.9 Å². The minimum Gasteiger partial charge on any atom is -0.309 e. The molecule has 2 N–H and O–H groups in total. The number of nitrogens with one attached hydrogen (secondary N) is 2. The van der Waals surface area contributed by atoms with Crippen LogP contribution >= 0.6 is 23.4 Å². The number of carbonyl (C=O) groups excluding carboxylic acids is 1. The van der Waals surface area contributed by atoms with Crippen LogP contribution in [0, 0.1) is 11.7 Å². The lowest BCUT2D eigenvalue weighted by Gasteiger charge is -2.15. The number of H-pyrrole nitrogens is 1. The number of halogens is 3. The van der Waals surface area contributed by atoms with Crippen LogP contribution in [0.1, 0.15) is 24.2 Å². The van der Waals surface area contributed by atoms with E-state index in [1.807, 2.05) is 13.2 Å². The first kappa shape index (κ1) is 20.2. The normalized spacial score (nSPS) is 19.1. The van der Waals surface area contributed by atoms with Crippen LogP contribution in [0.3, 0.4) is 0 Å². The highest BCUT2D eigenvalue weighted by Crippen LogP contribution is 2.42. The van der Waals surface area contributed by atoms with Gasteiger partial charge in [0.05, 0.1) is 40.7 Å². The first-order valence-corrected chi connectivity index (χ1v) is 11.2. The van der Waals surface area contributed by atoms with Crippen LogP contribution in [0.25, 0.3) is 27.8 Å². The van der Waals surface area contributed by atoms with E-state index >= 15 is 4.39 Å². The maximum absolute atomic E-state index is 15.2. The summed E-state index contributed by atoms with van der Waals surface area (Å²) in [5.41, 5.74) is 2.35. The minimum absolute atomic E-state index is 0.0342. The van der Waals surface area contributed by atoms with Gasteiger partial charge in [0.25, 0.3) is 0 Å². The fraction of sp³-hybridized carbons (Fsp3) is 0.300. The van der Waals surface area contributed by atoms with Crippen molar-refractivity contribution in [2.75, 3.05) is 11.6 Å². The molecule has 1 aromatic carbocycles. The maximum Gasteiger partial charge on any atom is 0.231 e. The Balaban J connectivity index is 1.58. The fourth-order valence-corrected chi connectivity index (χ4v) is 4.39. The molecule has 3 atom stereocenters. The Bertz CT molecular complexity index is 1340. The molecule has 5 rings (SSSR count). The van der Waals surface area contributed by atoms with Crippen molar-refractivity contribution in [1.29, 1.82) is 0 Å². The van der Waals surface area contributed by atoms with Crippen molar-refractivity contribution in [3.8, 4) is 11.3 Å². The van der Waals surface area contributed by atoms with Gasteiger partial charge in [-0.2, -0.15) is 16.9 Å². The van der Waals surface area contributed by atoms with E-state index in [1.54, 1.807) is 23.0 Å². The van der Waals surface area contributed by atoms with E-state index in [-0.39, 0.29) is 22.5 Å². The Kier molecular flexibility index (Phi) is 4.86. The molecule has 1 amide bonds. The van der Waals surface area contributed by atoms with Gasteiger partial charge < -0.3 is 9.72 Å². The Morgan fingerprint density at radius 2 is 2.19 bits per heavy atom. The Morgan fingerprint density at radius 3 is 2.90 bits per heavy atom. The van der Waals surface area contributed by atoms with E-state index < -0.39 is 23.8 Å². The second-order valence-corrected chi connectivity index (χ2v) is 9.02. The number of anilines is 1. The standard InChI is InChI=1S/C20H17ClF2N6OS/c1-8(31-2)15-18(23)17(21)16(10-4-25-28-19(10)15)12-6-29-7-13(26-14(29)5-24-12)27-20(30)9-3-11(9)22/h4-9,11H,3H2,1-2H3,(H,25,28)(H,27,30)/t8?,9-,11+/m1/s1. The smallest absolute Gasteiger partial charge is 0.231 e. The molecule has 1 aliphatic carbocycles. The van der Waals surface area contributed by atoms with Crippen molar-refractivity contribution < 1.29 is 13.6 Å². The Hall–Kier alpha value is -2.72. The monoisotopic (exact) mass is 462 g/mol. The minimum atomic E-state index is -1.09. The molecule has 0 aliphatic heterocycles. The molecule has 0 bridgehead atoms. The summed E-state index contributed by atoms with van der Waals surface area (Å²) in [4.78, 5) is 20.7. The van der Waals surface area contributed by atoms with Gasteiger partial charge in [0, 0.05) is 28.0 Å². The summed E-state index contributed by atoms with van der Waals surface area (Å²) in [6, 6.07) is 0. The number of amides is 1. The quantitative estimate of drug-likeness (QED) is 0.445. The number of carbonyl (C=O) groups is 1. The fourth-order valence-electron chi connectivity index (χ4n) is 3.63. The van der Waals surface area contributed by atoms with Crippen molar-refractivity contribution in [2.45, 2.75) is 24.8 Å². The van der Waals surface area contributed by atoms with E-state index in [1.165, 1.54) is 18.0 Å². The summed E-state index contributed by atoms with van der Waals surface area (Å²) in [7, 11) is 0. The van der Waals surface area contributed by atoms with Crippen molar-refractivity contribution in [3.05, 3.63) is 41.2 Å². The predicted molar refractivity (Wildman–Crippen MR) is 117 cm³/mol. The molecule has 31 heavy (non-hydrogen) atoms. The van der Waals surface area contributed by atoms with E-state index in [0.717, 1.165) is 0 Å². The zero-order chi connectivity index (χ0) is 21.9. The molecule has 11 heteroatoms. The number of hydrogen-bond donors (Lipinski definition) is 2. The summed E-state index contributed by atoms with van der Waals surface area (Å²) in [6.07, 6.45) is 7.39. The molecule has 1 aliphatic rings. The SMILES string of the molecule is CSC(C)c1c(F)c(Cl)c(-c2cn3cc(NC(=O)[C@@H]4C[C@@H]4F)nc3cn2)c2cn[nH]c12. The highest BCUT2D eigenvalue weighted by atomic mass is 35.5. The van der Waals surface area contributed by atoms with Gasteiger partial charge in [0.2, 0.25) is 5.91 Å². The van der Waals surface area contributed by atoms with Crippen molar-refractivity contribution in [1.82, 2.24) is 24.6 Å². The first-order chi connectivity index (χ1) is 14.9. The summed E-state index contributed by atoms with van der Waals surface area (Å²) in [5, 5.41) is 10.1. The summed E-state index contributed by atoms with van der Waals surface area (Å²) in [5.74, 6) is -1.23. The van der Waals surface area contributed by atoms with Crippen LogP contribution in [0.15, 0.2) is 24.8 Å². The lowest BCUT2D eigenvalue weighted by atomic mass is 10.0. The number of thioether (sulfide) groups is 1. The number of benzene rings is 1. The Morgan fingerprint density at radius 1 is 1.42 bits per heavy atom. The summed E-state index contributed by atoms with van der Waals surface area (Å²) < 4.78 is 30.0. The van der Waals surface area contributed by atoms with Crippen LogP contribution in [0.4, 0.5) is 14.6 Å². The molecule has 3 aromatic heterocycles. The van der Waals surface area contributed by atoms with Gasteiger partial charge in [-0.25, -0.2) is 13.8 Å². The van der Waals surface area contributed by atoms with Gasteiger partial charge in [0.1, 0.15) is 12.0 Å². The molecule has 0 radical (unpaired) electrons. The van der Waals surface area contributed by atoms with Crippen molar-refractivity contribution >= 4 is 51.6 Å². The van der Waals surface area contributed by atoms with Gasteiger partial charge in [0.15, 0.2) is 11.5 Å². The molecular weight excluding hydrogens is 446 g/mol. The van der Waals surface area contributed by atoms with Crippen molar-refractivity contribution in [3.63, 3.8) is 0 Å². The van der Waals surface area contributed by atoms with Gasteiger partial charge in [-0.1, -0.05) is 11.6 Å². The largest absolute Gasteiger partial charge is 0.309 e. The lowest BCUT2D eigenvalue weighted by Crippen LogP contribution is -2.15. The maximum atomic E-state index is 15.2. The summed E-state index contributed by atoms with van der Waals surface area (Å²) >= 11 is 7.97. The number of rotatable bonds is 5. The van der Waals surface area contributed by atoms with Gasteiger partial charge in [-0.15, -0.1) is 0 Å². The number of imidazole rings is 1. The number of aromatic nitrogens is 5. The van der Waals surface area contributed by atoms with Crippen molar-refractivity contribution in [2.24, 2.45) is 5.92 Å². The van der Waals surface area contributed by atoms with Crippen LogP contribution < -0.4 is 5.32 Å². The number of aromatic amines is 1. The van der Waals surface area contributed by atoms with E-state index in [4.69, 9.17) is 11.6 Å². The Labute approximate surface area is 184 Å². The highest BCUT2D eigenvalue weighted by Gasteiger charge is 2.43. The number of alkyl halides is 1. The topological polar surface area (TPSA) is 88.0 Å². The zero-order valence-corrected chi connectivity index (χ0v) is 18.1. The van der Waals surface area contributed by atoms with E-state index in [9.17, 15) is 9.18 Å². The molecule has 0 saturated heterocycles. The predicted octanol–water partition coefficient (Wildman–Crippen LogP) is 4.79. The van der Waals surface area contributed by atoms with E-state index in [0.29, 0.717) is 33.4 Å². The van der Waals surface area contributed by atoms with Gasteiger partial charge in [-0.05, 0) is 19.6 Å². The van der Waals surface area contributed by atoms with Crippen LogP contribution in [-0.4, -0.2) is 42.9 Å². The second kappa shape index (κ2) is 7.45.